The van der Waals surface area contributed by atoms with Gasteiger partial charge in [-0.05, 0) is 29.8 Å². The van der Waals surface area contributed by atoms with Crippen LogP contribution in [0.15, 0.2) is 48.8 Å². The molecule has 0 aliphatic carbocycles. The van der Waals surface area contributed by atoms with Gasteiger partial charge in [0.25, 0.3) is 5.69 Å². The lowest BCUT2D eigenvalue weighted by Crippen LogP contribution is -1.99. The second-order valence-corrected chi connectivity index (χ2v) is 4.61. The fourth-order valence-electron chi connectivity index (χ4n) is 2.25. The summed E-state index contributed by atoms with van der Waals surface area (Å²) in [6.07, 6.45) is 3.46. The van der Waals surface area contributed by atoms with Gasteiger partial charge in [0, 0.05) is 36.5 Å². The lowest BCUT2D eigenvalue weighted by atomic mass is 10.2. The van der Waals surface area contributed by atoms with Gasteiger partial charge in [0.05, 0.1) is 10.4 Å². The highest BCUT2D eigenvalue weighted by Crippen LogP contribution is 2.22. The minimum Gasteiger partial charge on any atom is -0.343 e. The summed E-state index contributed by atoms with van der Waals surface area (Å²) in [6, 6.07) is 12.2. The Morgan fingerprint density at radius 2 is 2.14 bits per heavy atom. The maximum atomic E-state index is 10.9. The van der Waals surface area contributed by atoms with Crippen LogP contribution in [0.25, 0.3) is 10.9 Å². The molecule has 2 heterocycles. The number of nitriles is 1. The summed E-state index contributed by atoms with van der Waals surface area (Å²) >= 11 is 0. The molecule has 6 heteroatoms. The number of aromatic nitrogens is 2. The van der Waals surface area contributed by atoms with Gasteiger partial charge in [-0.25, -0.2) is 4.98 Å². The summed E-state index contributed by atoms with van der Waals surface area (Å²) in [4.78, 5) is 14.4. The molecule has 0 radical (unpaired) electrons. The van der Waals surface area contributed by atoms with Gasteiger partial charge in [0.1, 0.15) is 11.8 Å². The maximum Gasteiger partial charge on any atom is 0.271 e. The van der Waals surface area contributed by atoms with E-state index < -0.39 is 4.92 Å². The smallest absolute Gasteiger partial charge is 0.271 e. The number of benzene rings is 1. The number of fused-ring (bicyclic) bond motifs is 1. The molecule has 0 fully saturated rings. The van der Waals surface area contributed by atoms with Crippen molar-refractivity contribution in [1.29, 1.82) is 5.26 Å². The van der Waals surface area contributed by atoms with Crippen LogP contribution in [0.5, 0.6) is 0 Å². The first kappa shape index (κ1) is 12.8. The number of hydrogen-bond acceptors (Lipinski definition) is 4. The molecule has 0 saturated heterocycles. The van der Waals surface area contributed by atoms with E-state index in [2.05, 4.69) is 4.98 Å². The Balaban J connectivity index is 2.02. The Hall–Kier alpha value is -3.20. The fraction of sp³-hybridized carbons (Fsp3) is 0.0667. The topological polar surface area (TPSA) is 84.8 Å². The molecule has 0 amide bonds. The van der Waals surface area contributed by atoms with Crippen LogP contribution in [0.1, 0.15) is 11.3 Å². The Kier molecular flexibility index (Phi) is 3.09. The number of nitrogens with zero attached hydrogens (tertiary/aromatic N) is 4. The van der Waals surface area contributed by atoms with E-state index in [1.807, 2.05) is 29.0 Å². The van der Waals surface area contributed by atoms with Crippen LogP contribution in [-0.2, 0) is 6.54 Å². The summed E-state index contributed by atoms with van der Waals surface area (Å²) in [5.74, 6) is 0. The van der Waals surface area contributed by atoms with Crippen molar-refractivity contribution in [3.8, 4) is 6.07 Å². The molecular formula is C15H10N4O2. The van der Waals surface area contributed by atoms with Crippen molar-refractivity contribution in [2.75, 3.05) is 0 Å². The number of pyridine rings is 1. The molecule has 0 unspecified atom stereocenters. The van der Waals surface area contributed by atoms with E-state index in [9.17, 15) is 10.1 Å². The number of nitro benzene ring substituents is 1. The molecule has 0 atom stereocenters. The van der Waals surface area contributed by atoms with E-state index in [1.54, 1.807) is 24.4 Å². The zero-order valence-electron chi connectivity index (χ0n) is 10.9. The van der Waals surface area contributed by atoms with E-state index >= 15 is 0 Å². The Labute approximate surface area is 120 Å². The SMILES string of the molecule is N#Cc1cc(Cn2ccc3ccc([N+](=O)[O-])cc32)ccn1. The molecule has 0 bridgehead atoms. The lowest BCUT2D eigenvalue weighted by molar-refractivity contribution is -0.384. The molecule has 3 rings (SSSR count). The molecular weight excluding hydrogens is 268 g/mol. The maximum absolute atomic E-state index is 10.9. The van der Waals surface area contributed by atoms with Crippen LogP contribution >= 0.6 is 0 Å². The Morgan fingerprint density at radius 1 is 1.29 bits per heavy atom. The third-order valence-corrected chi connectivity index (χ3v) is 3.26. The first-order chi connectivity index (χ1) is 10.2. The predicted octanol–water partition coefficient (Wildman–Crippen LogP) is 2.86. The van der Waals surface area contributed by atoms with Crippen LogP contribution in [0, 0.1) is 21.4 Å². The molecule has 102 valence electrons. The molecule has 0 aliphatic rings. The molecule has 0 N–H and O–H groups in total. The monoisotopic (exact) mass is 278 g/mol. The molecule has 2 aromatic heterocycles. The van der Waals surface area contributed by atoms with Crippen molar-refractivity contribution >= 4 is 16.6 Å². The van der Waals surface area contributed by atoms with Gasteiger partial charge in [0.2, 0.25) is 0 Å². The average Bonchev–Trinajstić information content (AvgIpc) is 2.90. The number of rotatable bonds is 3. The van der Waals surface area contributed by atoms with Gasteiger partial charge < -0.3 is 4.57 Å². The van der Waals surface area contributed by atoms with Gasteiger partial charge in [-0.3, -0.25) is 10.1 Å². The van der Waals surface area contributed by atoms with Crippen molar-refractivity contribution in [3.63, 3.8) is 0 Å². The molecule has 0 spiro atoms. The average molecular weight is 278 g/mol. The predicted molar refractivity (Wildman–Crippen MR) is 76.6 cm³/mol. The van der Waals surface area contributed by atoms with Crippen molar-refractivity contribution in [1.82, 2.24) is 9.55 Å². The van der Waals surface area contributed by atoms with Crippen LogP contribution in [0.2, 0.25) is 0 Å². The molecule has 3 aromatic rings. The summed E-state index contributed by atoms with van der Waals surface area (Å²) < 4.78 is 1.92. The standard InChI is InChI=1S/C15H10N4O2/c16-9-13-7-11(3-5-17-13)10-18-6-4-12-1-2-14(19(20)21)8-15(12)18/h1-8H,10H2. The van der Waals surface area contributed by atoms with Crippen molar-refractivity contribution in [3.05, 3.63) is 70.2 Å². The van der Waals surface area contributed by atoms with Gasteiger partial charge >= 0.3 is 0 Å². The summed E-state index contributed by atoms with van der Waals surface area (Å²) in [5, 5.41) is 20.7. The zero-order valence-corrected chi connectivity index (χ0v) is 10.9. The van der Waals surface area contributed by atoms with Crippen LogP contribution < -0.4 is 0 Å². The summed E-state index contributed by atoms with van der Waals surface area (Å²) in [5.41, 5.74) is 2.13. The molecule has 6 nitrogen and oxygen atoms in total. The van der Waals surface area contributed by atoms with Gasteiger partial charge in [-0.2, -0.15) is 5.26 Å². The number of non-ortho nitro benzene ring substituents is 1. The second-order valence-electron chi connectivity index (χ2n) is 4.61. The van der Waals surface area contributed by atoms with E-state index in [1.165, 1.54) is 6.07 Å². The Bertz CT molecular complexity index is 877. The highest BCUT2D eigenvalue weighted by molar-refractivity contribution is 5.82. The molecule has 21 heavy (non-hydrogen) atoms. The van der Waals surface area contributed by atoms with Crippen LogP contribution in [-0.4, -0.2) is 14.5 Å². The minimum absolute atomic E-state index is 0.0647. The third-order valence-electron chi connectivity index (χ3n) is 3.26. The Morgan fingerprint density at radius 3 is 2.90 bits per heavy atom. The number of nitro groups is 1. The van der Waals surface area contributed by atoms with Gasteiger partial charge in [0.15, 0.2) is 0 Å². The quantitative estimate of drug-likeness (QED) is 0.544. The molecule has 0 aliphatic heterocycles. The normalized spacial score (nSPS) is 10.4. The third kappa shape index (κ3) is 2.44. The van der Waals surface area contributed by atoms with Crippen molar-refractivity contribution in [2.24, 2.45) is 0 Å². The zero-order chi connectivity index (χ0) is 14.8. The van der Waals surface area contributed by atoms with Crippen LogP contribution in [0.4, 0.5) is 5.69 Å². The van der Waals surface area contributed by atoms with Crippen molar-refractivity contribution < 1.29 is 4.92 Å². The molecule has 1 aromatic carbocycles. The summed E-state index contributed by atoms with van der Waals surface area (Å²) in [7, 11) is 0. The van der Waals surface area contributed by atoms with E-state index in [0.29, 0.717) is 12.2 Å². The van der Waals surface area contributed by atoms with E-state index in [4.69, 9.17) is 5.26 Å². The fourth-order valence-corrected chi connectivity index (χ4v) is 2.25. The highest BCUT2D eigenvalue weighted by Gasteiger charge is 2.09. The number of hydrogen-bond donors (Lipinski definition) is 0. The lowest BCUT2D eigenvalue weighted by Gasteiger charge is -2.05. The van der Waals surface area contributed by atoms with Crippen LogP contribution in [0.3, 0.4) is 0 Å². The summed E-state index contributed by atoms with van der Waals surface area (Å²) in [6.45, 7) is 0.530. The van der Waals surface area contributed by atoms with Crippen molar-refractivity contribution in [2.45, 2.75) is 6.54 Å². The first-order valence-corrected chi connectivity index (χ1v) is 6.26. The van der Waals surface area contributed by atoms with Gasteiger partial charge in [-0.15, -0.1) is 0 Å². The van der Waals surface area contributed by atoms with E-state index in [-0.39, 0.29) is 5.69 Å². The molecule has 0 saturated carbocycles. The largest absolute Gasteiger partial charge is 0.343 e. The van der Waals surface area contributed by atoms with Gasteiger partial charge in [-0.1, -0.05) is 0 Å². The first-order valence-electron chi connectivity index (χ1n) is 6.26. The van der Waals surface area contributed by atoms with E-state index in [0.717, 1.165) is 16.5 Å². The minimum atomic E-state index is -0.406. The second kappa shape index (κ2) is 5.06. The highest BCUT2D eigenvalue weighted by atomic mass is 16.6.